The fraction of sp³-hybridized carbons (Fsp3) is 0.625. The molecule has 3 unspecified atom stereocenters. The van der Waals surface area contributed by atoms with E-state index in [-0.39, 0.29) is 0 Å². The number of hydrogen-bond donors (Lipinski definition) is 0. The number of fused-ring (bicyclic) bond motifs is 2. The Labute approximate surface area is 114 Å². The zero-order valence-electron chi connectivity index (χ0n) is 11.0. The topological polar surface area (TPSA) is 9.23 Å². The van der Waals surface area contributed by atoms with Gasteiger partial charge in [-0.2, -0.15) is 0 Å². The van der Waals surface area contributed by atoms with Crippen molar-refractivity contribution in [1.82, 2.24) is 0 Å². The van der Waals surface area contributed by atoms with Gasteiger partial charge in [-0.15, -0.1) is 11.6 Å². The number of rotatable bonds is 4. The Kier molecular flexibility index (Phi) is 3.27. The van der Waals surface area contributed by atoms with E-state index in [9.17, 15) is 0 Å². The van der Waals surface area contributed by atoms with E-state index in [0.717, 1.165) is 29.9 Å². The predicted octanol–water partition coefficient (Wildman–Crippen LogP) is 4.28. The van der Waals surface area contributed by atoms with Gasteiger partial charge in [0.05, 0.1) is 7.11 Å². The molecular formula is C16H21ClO. The van der Waals surface area contributed by atoms with Crippen molar-refractivity contribution in [1.29, 1.82) is 0 Å². The number of hydrogen-bond acceptors (Lipinski definition) is 1. The summed E-state index contributed by atoms with van der Waals surface area (Å²) in [5, 5.41) is 0. The third-order valence-electron chi connectivity index (χ3n) is 5.06. The number of halogens is 1. The molecule has 2 bridgehead atoms. The molecule has 3 atom stereocenters. The highest BCUT2D eigenvalue weighted by Crippen LogP contribution is 2.57. The van der Waals surface area contributed by atoms with E-state index in [2.05, 4.69) is 18.2 Å². The van der Waals surface area contributed by atoms with Crippen molar-refractivity contribution >= 4 is 11.6 Å². The number of alkyl halides is 1. The average Bonchev–Trinajstić information content (AvgIpc) is 3.00. The number of methoxy groups -OCH3 is 1. The minimum absolute atomic E-state index is 0.358. The fourth-order valence-corrected chi connectivity index (χ4v) is 4.60. The lowest BCUT2D eigenvalue weighted by Crippen LogP contribution is -2.32. The molecule has 2 aliphatic rings. The summed E-state index contributed by atoms with van der Waals surface area (Å²) in [6.45, 7) is 0. The zero-order chi connectivity index (χ0) is 12.6. The van der Waals surface area contributed by atoms with Crippen LogP contribution in [0.3, 0.4) is 0 Å². The lowest BCUT2D eigenvalue weighted by Gasteiger charge is -2.36. The monoisotopic (exact) mass is 264 g/mol. The maximum absolute atomic E-state index is 6.35. The third kappa shape index (κ3) is 2.03. The molecule has 1 nitrogen and oxygen atoms in total. The molecule has 0 N–H and O–H groups in total. The van der Waals surface area contributed by atoms with Crippen LogP contribution in [0.2, 0.25) is 0 Å². The Morgan fingerprint density at radius 2 is 2.28 bits per heavy atom. The highest BCUT2D eigenvalue weighted by Gasteiger charge is 2.50. The van der Waals surface area contributed by atoms with Crippen LogP contribution in [0.4, 0.5) is 0 Å². The summed E-state index contributed by atoms with van der Waals surface area (Å²) >= 11 is 6.35. The second-order valence-electron chi connectivity index (χ2n) is 6.10. The van der Waals surface area contributed by atoms with Gasteiger partial charge in [-0.1, -0.05) is 18.6 Å². The van der Waals surface area contributed by atoms with Gasteiger partial charge in [0.25, 0.3) is 0 Å². The van der Waals surface area contributed by atoms with Crippen molar-refractivity contribution in [2.45, 2.75) is 32.1 Å². The van der Waals surface area contributed by atoms with Gasteiger partial charge >= 0.3 is 0 Å². The van der Waals surface area contributed by atoms with Crippen LogP contribution in [0.1, 0.15) is 31.2 Å². The van der Waals surface area contributed by atoms with Crippen molar-refractivity contribution in [3.05, 3.63) is 29.8 Å². The van der Waals surface area contributed by atoms with Gasteiger partial charge in [0.1, 0.15) is 5.75 Å². The van der Waals surface area contributed by atoms with E-state index in [4.69, 9.17) is 16.3 Å². The largest absolute Gasteiger partial charge is 0.497 e. The maximum Gasteiger partial charge on any atom is 0.119 e. The number of benzene rings is 1. The van der Waals surface area contributed by atoms with Crippen molar-refractivity contribution in [2.75, 3.05) is 13.0 Å². The molecule has 0 saturated heterocycles. The van der Waals surface area contributed by atoms with Crippen molar-refractivity contribution in [3.63, 3.8) is 0 Å². The minimum atomic E-state index is 0.358. The fourth-order valence-electron chi connectivity index (χ4n) is 4.17. The van der Waals surface area contributed by atoms with Gasteiger partial charge in [-0.25, -0.2) is 0 Å². The Bertz CT molecular complexity index is 431. The van der Waals surface area contributed by atoms with Crippen molar-refractivity contribution in [3.8, 4) is 5.75 Å². The quantitative estimate of drug-likeness (QED) is 0.738. The van der Waals surface area contributed by atoms with Crippen LogP contribution in [0.5, 0.6) is 5.75 Å². The van der Waals surface area contributed by atoms with Crippen LogP contribution in [0.15, 0.2) is 24.3 Å². The van der Waals surface area contributed by atoms with Gasteiger partial charge in [0.2, 0.25) is 0 Å². The molecule has 2 heteroatoms. The Hall–Kier alpha value is -0.690. The smallest absolute Gasteiger partial charge is 0.119 e. The highest BCUT2D eigenvalue weighted by molar-refractivity contribution is 6.18. The van der Waals surface area contributed by atoms with Gasteiger partial charge in [-0.3, -0.25) is 0 Å². The van der Waals surface area contributed by atoms with Gasteiger partial charge in [0.15, 0.2) is 0 Å². The molecule has 3 rings (SSSR count). The Morgan fingerprint density at radius 1 is 1.39 bits per heavy atom. The van der Waals surface area contributed by atoms with E-state index in [0.29, 0.717) is 5.41 Å². The number of ether oxygens (including phenoxy) is 1. The first kappa shape index (κ1) is 12.3. The molecular weight excluding hydrogens is 244 g/mol. The Morgan fingerprint density at radius 3 is 2.89 bits per heavy atom. The van der Waals surface area contributed by atoms with Gasteiger partial charge < -0.3 is 4.74 Å². The van der Waals surface area contributed by atoms with Crippen molar-refractivity contribution < 1.29 is 4.74 Å². The molecule has 1 aromatic rings. The summed E-state index contributed by atoms with van der Waals surface area (Å²) in [6.07, 6.45) is 6.69. The highest BCUT2D eigenvalue weighted by atomic mass is 35.5. The van der Waals surface area contributed by atoms with E-state index >= 15 is 0 Å². The van der Waals surface area contributed by atoms with Crippen LogP contribution < -0.4 is 4.74 Å². The Balaban J connectivity index is 1.81. The summed E-state index contributed by atoms with van der Waals surface area (Å²) in [7, 11) is 1.73. The average molecular weight is 265 g/mol. The first-order valence-electron chi connectivity index (χ1n) is 6.95. The molecule has 98 valence electrons. The molecule has 0 amide bonds. The van der Waals surface area contributed by atoms with Crippen LogP contribution in [0.25, 0.3) is 0 Å². The predicted molar refractivity (Wildman–Crippen MR) is 75.3 cm³/mol. The molecule has 0 aromatic heterocycles. The van der Waals surface area contributed by atoms with E-state index in [1.165, 1.54) is 31.2 Å². The standard InChI is InChI=1S/C16H21ClO/c1-18-15-4-2-3-12(8-15)9-16(11-17)10-13-5-6-14(16)7-13/h2-4,8,13-14H,5-7,9-11H2,1H3. The van der Waals surface area contributed by atoms with Crippen LogP contribution in [-0.2, 0) is 6.42 Å². The molecule has 1 aromatic carbocycles. The second-order valence-corrected chi connectivity index (χ2v) is 6.37. The normalized spacial score (nSPS) is 33.9. The molecule has 0 radical (unpaired) electrons. The maximum atomic E-state index is 6.35. The second kappa shape index (κ2) is 4.77. The summed E-state index contributed by atoms with van der Waals surface area (Å²) in [6, 6.07) is 8.48. The SMILES string of the molecule is COc1cccc(CC2(CCl)CC3CCC2C3)c1. The summed E-state index contributed by atoms with van der Waals surface area (Å²) in [5.41, 5.74) is 1.74. The summed E-state index contributed by atoms with van der Waals surface area (Å²) < 4.78 is 5.31. The molecule has 2 aliphatic carbocycles. The van der Waals surface area contributed by atoms with E-state index in [1.54, 1.807) is 7.11 Å². The van der Waals surface area contributed by atoms with Crippen LogP contribution in [-0.4, -0.2) is 13.0 Å². The first-order valence-corrected chi connectivity index (χ1v) is 7.48. The van der Waals surface area contributed by atoms with E-state index in [1.807, 2.05) is 6.07 Å². The molecule has 0 aliphatic heterocycles. The minimum Gasteiger partial charge on any atom is -0.497 e. The molecule has 2 fully saturated rings. The summed E-state index contributed by atoms with van der Waals surface area (Å²) in [4.78, 5) is 0. The zero-order valence-corrected chi connectivity index (χ0v) is 11.7. The van der Waals surface area contributed by atoms with Crippen LogP contribution in [0, 0.1) is 17.3 Å². The molecule has 18 heavy (non-hydrogen) atoms. The first-order chi connectivity index (χ1) is 8.75. The van der Waals surface area contributed by atoms with Gasteiger partial charge in [-0.05, 0) is 60.6 Å². The lowest BCUT2D eigenvalue weighted by atomic mass is 9.71. The van der Waals surface area contributed by atoms with E-state index < -0.39 is 0 Å². The van der Waals surface area contributed by atoms with Crippen molar-refractivity contribution in [2.24, 2.45) is 17.3 Å². The van der Waals surface area contributed by atoms with Gasteiger partial charge in [0, 0.05) is 5.88 Å². The lowest BCUT2D eigenvalue weighted by molar-refractivity contribution is 0.193. The third-order valence-corrected chi connectivity index (χ3v) is 5.59. The molecule has 0 heterocycles. The summed E-state index contributed by atoms with van der Waals surface area (Å²) in [5.74, 6) is 3.57. The van der Waals surface area contributed by atoms with Crippen LogP contribution >= 0.6 is 11.6 Å². The molecule has 0 spiro atoms. The molecule has 2 saturated carbocycles.